The van der Waals surface area contributed by atoms with Crippen molar-refractivity contribution in [2.45, 2.75) is 10.8 Å². The van der Waals surface area contributed by atoms with Crippen LogP contribution in [0.25, 0.3) is 50.3 Å². The molecule has 71 heavy (non-hydrogen) atoms. The van der Waals surface area contributed by atoms with Crippen LogP contribution in [0.4, 0.5) is 0 Å². The van der Waals surface area contributed by atoms with Crippen molar-refractivity contribution in [3.8, 4) is 28.5 Å². The van der Waals surface area contributed by atoms with E-state index in [2.05, 4.69) is 216 Å². The minimum absolute atomic E-state index is 0. The van der Waals surface area contributed by atoms with Crippen LogP contribution in [0.15, 0.2) is 243 Å². The van der Waals surface area contributed by atoms with Crippen molar-refractivity contribution in [1.82, 2.24) is 29.5 Å². The molecule has 0 atom stereocenters. The summed E-state index contributed by atoms with van der Waals surface area (Å²) < 4.78 is 2.09. The third-order valence-electron chi connectivity index (χ3n) is 13.2. The Bertz CT molecular complexity index is 3400. The fourth-order valence-electron chi connectivity index (χ4n) is 10.2. The zero-order valence-corrected chi connectivity index (χ0v) is 42.5. The summed E-state index contributed by atoms with van der Waals surface area (Å²) in [5, 5.41) is 1.96. The summed E-state index contributed by atoms with van der Waals surface area (Å²) in [5.74, 6) is 0.453. The van der Waals surface area contributed by atoms with Crippen molar-refractivity contribution < 1.29 is 42.1 Å². The SMILES string of the molecule is [Pt+2].[Pt+2].[c-]1c(-c2ccccn2)cccc1C(c1[c-]c2c(cc1)c1ccc(C(c3[c-]c(-c4ccccn4)ccc3)(c3ccccc3)c3ccccc3)[c-]c1n2-c1ncncn1)(c1ccccc1)c1ccccc1. The topological polar surface area (TPSA) is 69.4 Å². The molecule has 0 spiro atoms. The number of pyridine rings is 2. The van der Waals surface area contributed by atoms with Crippen molar-refractivity contribution in [1.29, 1.82) is 0 Å². The summed E-state index contributed by atoms with van der Waals surface area (Å²) in [6, 6.07) is 91.9. The van der Waals surface area contributed by atoms with E-state index in [-0.39, 0.29) is 42.1 Å². The predicted octanol–water partition coefficient (Wildman–Crippen LogP) is 13.1. The summed E-state index contributed by atoms with van der Waals surface area (Å²) in [6.45, 7) is 0. The van der Waals surface area contributed by atoms with Gasteiger partial charge in [0.25, 0.3) is 0 Å². The van der Waals surface area contributed by atoms with Crippen molar-refractivity contribution in [3.05, 3.63) is 312 Å². The fraction of sp³-hybridized carbons (Fsp3) is 0.0317. The molecular weight excluding hydrogens is 1230 g/mol. The van der Waals surface area contributed by atoms with Crippen LogP contribution in [0.1, 0.15) is 44.5 Å². The van der Waals surface area contributed by atoms with Gasteiger partial charge in [-0.2, -0.15) is 47.2 Å². The summed E-state index contributed by atoms with van der Waals surface area (Å²) in [4.78, 5) is 23.4. The number of nitrogens with zero attached hydrogens (tertiary/aromatic N) is 6. The Morgan fingerprint density at radius 3 is 1.06 bits per heavy atom. The Balaban J connectivity index is 0.00000291. The Hall–Kier alpha value is -7.75. The van der Waals surface area contributed by atoms with E-state index in [0.717, 1.165) is 88.8 Å². The molecule has 0 N–H and O–H groups in total. The van der Waals surface area contributed by atoms with Crippen molar-refractivity contribution in [3.63, 3.8) is 0 Å². The molecule has 0 unspecified atom stereocenters. The maximum atomic E-state index is 4.82. The predicted molar refractivity (Wildman–Crippen MR) is 273 cm³/mol. The van der Waals surface area contributed by atoms with Gasteiger partial charge in [0.1, 0.15) is 12.7 Å². The molecule has 0 fully saturated rings. The van der Waals surface area contributed by atoms with E-state index in [4.69, 9.17) is 19.9 Å². The molecule has 6 nitrogen and oxygen atoms in total. The molecule has 0 amide bonds. The van der Waals surface area contributed by atoms with Gasteiger partial charge < -0.3 is 14.5 Å². The second-order valence-electron chi connectivity index (χ2n) is 16.9. The molecule has 0 aliphatic rings. The van der Waals surface area contributed by atoms with Crippen LogP contribution >= 0.6 is 0 Å². The number of benzene rings is 8. The smallest absolute Gasteiger partial charge is 0.328 e. The number of fused-ring (bicyclic) bond motifs is 3. The van der Waals surface area contributed by atoms with Crippen LogP contribution in [-0.4, -0.2) is 29.5 Å². The fourth-order valence-corrected chi connectivity index (χ4v) is 10.2. The molecule has 12 aromatic rings. The van der Waals surface area contributed by atoms with Gasteiger partial charge in [-0.15, -0.1) is 81.9 Å². The largest absolute Gasteiger partial charge is 2.00 e. The van der Waals surface area contributed by atoms with Gasteiger partial charge >= 0.3 is 42.1 Å². The van der Waals surface area contributed by atoms with Gasteiger partial charge in [0.2, 0.25) is 5.95 Å². The standard InChI is InChI=1S/C63H40N6.2Pt/c1-5-21-47(22-6-1)62(48-23-7-2-8-24-48,51-29-17-19-45(39-51)57-31-13-15-37-65-57)53-33-35-55-56-36-34-54(42-60(56)69(59(55)41-53)61-67-43-64-44-68-61)63(49-25-9-3-10-26-49,50-27-11-4-12-28-50)52-30-18-20-46(40-52)58-32-14-16-38-66-58;;/h1-38,43-44H;;/q-4;2*+2. The Morgan fingerprint density at radius 2 is 0.690 bits per heavy atom. The Morgan fingerprint density at radius 1 is 0.324 bits per heavy atom. The number of rotatable bonds is 11. The molecular formula is C63H40N6Pt2. The number of aromatic nitrogens is 6. The van der Waals surface area contributed by atoms with E-state index in [1.54, 1.807) is 12.7 Å². The van der Waals surface area contributed by atoms with E-state index in [1.165, 1.54) is 0 Å². The third kappa shape index (κ3) is 8.17. The molecule has 0 saturated carbocycles. The summed E-state index contributed by atoms with van der Waals surface area (Å²) in [5.41, 5.74) is 11.4. The molecule has 0 saturated heterocycles. The molecule has 4 heterocycles. The van der Waals surface area contributed by atoms with Crippen molar-refractivity contribution >= 4 is 21.8 Å². The van der Waals surface area contributed by atoms with E-state index in [9.17, 15) is 0 Å². The van der Waals surface area contributed by atoms with Gasteiger partial charge in [0, 0.05) is 23.2 Å². The summed E-state index contributed by atoms with van der Waals surface area (Å²) in [7, 11) is 0. The van der Waals surface area contributed by atoms with Crippen LogP contribution < -0.4 is 0 Å². The van der Waals surface area contributed by atoms with Crippen LogP contribution in [0.5, 0.6) is 0 Å². The van der Waals surface area contributed by atoms with Gasteiger partial charge in [0.05, 0.1) is 0 Å². The molecule has 12 rings (SSSR count). The number of hydrogen-bond acceptors (Lipinski definition) is 5. The van der Waals surface area contributed by atoms with Crippen LogP contribution in [0.3, 0.4) is 0 Å². The van der Waals surface area contributed by atoms with E-state index >= 15 is 0 Å². The van der Waals surface area contributed by atoms with Crippen molar-refractivity contribution in [2.24, 2.45) is 0 Å². The maximum Gasteiger partial charge on any atom is 2.00 e. The second-order valence-corrected chi connectivity index (χ2v) is 16.9. The molecule has 8 heteroatoms. The first-order chi connectivity index (χ1) is 34.2. The molecule has 4 aromatic heterocycles. The molecule has 0 radical (unpaired) electrons. The first-order valence-corrected chi connectivity index (χ1v) is 22.9. The number of hydrogen-bond donors (Lipinski definition) is 0. The Labute approximate surface area is 441 Å². The molecule has 0 aliphatic heterocycles. The van der Waals surface area contributed by atoms with E-state index < -0.39 is 10.8 Å². The molecule has 0 aliphatic carbocycles. The first-order valence-electron chi connectivity index (χ1n) is 22.9. The summed E-state index contributed by atoms with van der Waals surface area (Å²) >= 11 is 0. The van der Waals surface area contributed by atoms with Crippen molar-refractivity contribution in [2.75, 3.05) is 0 Å². The zero-order valence-electron chi connectivity index (χ0n) is 37.9. The van der Waals surface area contributed by atoms with Crippen LogP contribution in [0.2, 0.25) is 0 Å². The van der Waals surface area contributed by atoms with Gasteiger partial charge in [-0.25, -0.2) is 15.0 Å². The Kier molecular flexibility index (Phi) is 13.4. The monoisotopic (exact) mass is 1270 g/mol. The minimum Gasteiger partial charge on any atom is -0.328 e. The van der Waals surface area contributed by atoms with E-state index in [0.29, 0.717) is 5.95 Å². The maximum absolute atomic E-state index is 4.82. The zero-order chi connectivity index (χ0) is 46.0. The van der Waals surface area contributed by atoms with E-state index in [1.807, 2.05) is 48.8 Å². The quantitative estimate of drug-likeness (QED) is 0.0953. The molecule has 8 aromatic carbocycles. The van der Waals surface area contributed by atoms with Crippen LogP contribution in [-0.2, 0) is 53.0 Å². The molecule has 342 valence electrons. The van der Waals surface area contributed by atoms with Gasteiger partial charge in [0.15, 0.2) is 0 Å². The third-order valence-corrected chi connectivity index (χ3v) is 13.2. The first kappa shape index (κ1) is 46.9. The summed E-state index contributed by atoms with van der Waals surface area (Å²) in [6.07, 6.45) is 6.73. The molecule has 0 bridgehead atoms. The second kappa shape index (κ2) is 20.3. The minimum atomic E-state index is -0.874. The normalized spacial score (nSPS) is 11.4. The van der Waals surface area contributed by atoms with Gasteiger partial charge in [-0.05, 0) is 45.8 Å². The van der Waals surface area contributed by atoms with Gasteiger partial charge in [-0.1, -0.05) is 157 Å². The average Bonchev–Trinajstić information content (AvgIpc) is 3.76. The van der Waals surface area contributed by atoms with Crippen LogP contribution in [0, 0.1) is 24.3 Å². The van der Waals surface area contributed by atoms with Gasteiger partial charge in [-0.3, -0.25) is 0 Å². The average molecular weight is 1270 g/mol.